The highest BCUT2D eigenvalue weighted by Crippen LogP contribution is 2.40. The molecule has 2 amide bonds. The van der Waals surface area contributed by atoms with Crippen LogP contribution in [0.5, 0.6) is 0 Å². The molecule has 0 N–H and O–H groups in total. The van der Waals surface area contributed by atoms with E-state index >= 15 is 0 Å². The van der Waals surface area contributed by atoms with Crippen LogP contribution in [0.15, 0.2) is 18.3 Å². The molecule has 4 nitrogen and oxygen atoms in total. The first-order valence-corrected chi connectivity index (χ1v) is 6.93. The molecule has 1 unspecified atom stereocenters. The van der Waals surface area contributed by atoms with Gasteiger partial charge in [-0.25, -0.2) is 9.88 Å². The molecule has 1 saturated heterocycles. The highest BCUT2D eigenvalue weighted by molar-refractivity contribution is 14.1. The van der Waals surface area contributed by atoms with E-state index in [1.807, 2.05) is 26.8 Å². The Bertz CT molecular complexity index is 498. The molecule has 1 fully saturated rings. The number of hydrogen-bond acceptors (Lipinski definition) is 3. The summed E-state index contributed by atoms with van der Waals surface area (Å²) in [5, 5.41) is 0. The van der Waals surface area contributed by atoms with Crippen LogP contribution in [0.25, 0.3) is 0 Å². The fraction of sp³-hybridized carbons (Fsp3) is 0.462. The number of nitrogens with zero attached hydrogens (tertiary/aromatic N) is 2. The summed E-state index contributed by atoms with van der Waals surface area (Å²) in [5.74, 6) is 0.249. The summed E-state index contributed by atoms with van der Waals surface area (Å²) < 4.78 is 0.974. The molecule has 2 rings (SSSR count). The molecular weight excluding hydrogens is 343 g/mol. The zero-order valence-corrected chi connectivity index (χ0v) is 12.8. The Morgan fingerprint density at radius 2 is 2.06 bits per heavy atom. The predicted octanol–water partition coefficient (Wildman–Crippen LogP) is 2.61. The molecule has 2 heterocycles. The molecule has 0 bridgehead atoms. The van der Waals surface area contributed by atoms with Gasteiger partial charge in [0.2, 0.25) is 11.8 Å². The van der Waals surface area contributed by atoms with Crippen LogP contribution >= 0.6 is 22.6 Å². The van der Waals surface area contributed by atoms with Crippen molar-refractivity contribution < 1.29 is 9.59 Å². The minimum atomic E-state index is -0.609. The average molecular weight is 358 g/mol. The summed E-state index contributed by atoms with van der Waals surface area (Å²) in [6.45, 7) is 5.79. The van der Waals surface area contributed by atoms with E-state index in [0.717, 1.165) is 3.57 Å². The number of amides is 2. The molecule has 0 saturated carbocycles. The number of hydrogen-bond donors (Lipinski definition) is 0. The number of carbonyl (C=O) groups is 2. The van der Waals surface area contributed by atoms with Gasteiger partial charge in [0.1, 0.15) is 5.82 Å². The molecule has 0 spiro atoms. The van der Waals surface area contributed by atoms with E-state index in [9.17, 15) is 9.59 Å². The molecule has 1 aromatic rings. The summed E-state index contributed by atoms with van der Waals surface area (Å²) in [6.07, 6.45) is 1.92. The summed E-state index contributed by atoms with van der Waals surface area (Å²) in [6, 6.07) is 3.55. The van der Waals surface area contributed by atoms with Crippen molar-refractivity contribution in [2.24, 2.45) is 11.3 Å². The standard InChI is InChI=1S/C13H15IN2O2/c1-8(2)13(3)6-11(17)16(12(13)18)10-5-4-9(14)7-15-10/h4-5,7-8H,6H2,1-3H3. The van der Waals surface area contributed by atoms with Crippen LogP contribution in [0, 0.1) is 14.9 Å². The van der Waals surface area contributed by atoms with Crippen molar-refractivity contribution in [3.8, 4) is 0 Å². The first-order chi connectivity index (χ1) is 8.36. The fourth-order valence-electron chi connectivity index (χ4n) is 2.02. The van der Waals surface area contributed by atoms with Crippen LogP contribution in [0.3, 0.4) is 0 Å². The third-order valence-electron chi connectivity index (χ3n) is 3.67. The Balaban J connectivity index is 2.38. The summed E-state index contributed by atoms with van der Waals surface area (Å²) in [4.78, 5) is 29.9. The number of imide groups is 1. The van der Waals surface area contributed by atoms with Gasteiger partial charge in [0.05, 0.1) is 5.41 Å². The lowest BCUT2D eigenvalue weighted by atomic mass is 9.78. The molecule has 1 aromatic heterocycles. The van der Waals surface area contributed by atoms with Gasteiger partial charge < -0.3 is 0 Å². The van der Waals surface area contributed by atoms with E-state index in [1.165, 1.54) is 4.90 Å². The van der Waals surface area contributed by atoms with Gasteiger partial charge in [-0.15, -0.1) is 0 Å². The highest BCUT2D eigenvalue weighted by atomic mass is 127. The molecular formula is C13H15IN2O2. The Morgan fingerprint density at radius 3 is 2.50 bits per heavy atom. The van der Waals surface area contributed by atoms with E-state index in [1.54, 1.807) is 12.3 Å². The molecule has 18 heavy (non-hydrogen) atoms. The van der Waals surface area contributed by atoms with Crippen LogP contribution in [-0.4, -0.2) is 16.8 Å². The maximum atomic E-state index is 12.4. The third kappa shape index (κ3) is 2.04. The van der Waals surface area contributed by atoms with Crippen molar-refractivity contribution in [2.45, 2.75) is 27.2 Å². The van der Waals surface area contributed by atoms with Crippen molar-refractivity contribution in [3.63, 3.8) is 0 Å². The highest BCUT2D eigenvalue weighted by Gasteiger charge is 2.50. The number of rotatable bonds is 2. The topological polar surface area (TPSA) is 50.3 Å². The van der Waals surface area contributed by atoms with Gasteiger partial charge in [-0.3, -0.25) is 9.59 Å². The number of carbonyl (C=O) groups excluding carboxylic acids is 2. The van der Waals surface area contributed by atoms with Crippen LogP contribution < -0.4 is 4.90 Å². The zero-order valence-electron chi connectivity index (χ0n) is 10.6. The molecule has 96 valence electrons. The summed E-state index contributed by atoms with van der Waals surface area (Å²) >= 11 is 2.14. The third-order valence-corrected chi connectivity index (χ3v) is 4.31. The molecule has 0 aromatic carbocycles. The van der Waals surface area contributed by atoms with Crippen LogP contribution in [0.2, 0.25) is 0 Å². The summed E-state index contributed by atoms with van der Waals surface area (Å²) in [7, 11) is 0. The van der Waals surface area contributed by atoms with Crippen molar-refractivity contribution >= 4 is 40.2 Å². The molecule has 0 aliphatic carbocycles. The van der Waals surface area contributed by atoms with E-state index in [-0.39, 0.29) is 24.2 Å². The van der Waals surface area contributed by atoms with Crippen molar-refractivity contribution in [2.75, 3.05) is 4.90 Å². The van der Waals surface area contributed by atoms with Crippen LogP contribution in [0.4, 0.5) is 5.82 Å². The maximum Gasteiger partial charge on any atom is 0.241 e. The number of anilines is 1. The van der Waals surface area contributed by atoms with Gasteiger partial charge >= 0.3 is 0 Å². The molecule has 1 aliphatic rings. The predicted molar refractivity (Wildman–Crippen MR) is 77.0 cm³/mol. The monoisotopic (exact) mass is 358 g/mol. The number of aromatic nitrogens is 1. The van der Waals surface area contributed by atoms with Gasteiger partial charge in [-0.1, -0.05) is 13.8 Å². The van der Waals surface area contributed by atoms with Gasteiger partial charge in [-0.2, -0.15) is 0 Å². The van der Waals surface area contributed by atoms with Crippen LogP contribution in [0.1, 0.15) is 27.2 Å². The Morgan fingerprint density at radius 1 is 1.39 bits per heavy atom. The largest absolute Gasteiger partial charge is 0.274 e. The maximum absolute atomic E-state index is 12.4. The Kier molecular flexibility index (Phi) is 3.44. The average Bonchev–Trinajstić information content (AvgIpc) is 2.53. The fourth-order valence-corrected chi connectivity index (χ4v) is 2.34. The first-order valence-electron chi connectivity index (χ1n) is 5.85. The second kappa shape index (κ2) is 4.60. The molecule has 1 aliphatic heterocycles. The Hall–Kier alpha value is -0.980. The van der Waals surface area contributed by atoms with E-state index in [0.29, 0.717) is 5.82 Å². The SMILES string of the molecule is CC(C)C1(C)CC(=O)N(c2ccc(I)cn2)C1=O. The lowest BCUT2D eigenvalue weighted by molar-refractivity contribution is -0.126. The van der Waals surface area contributed by atoms with E-state index in [4.69, 9.17) is 0 Å². The minimum Gasteiger partial charge on any atom is -0.274 e. The first kappa shape index (κ1) is 13.5. The van der Waals surface area contributed by atoms with Crippen molar-refractivity contribution in [1.82, 2.24) is 4.98 Å². The zero-order chi connectivity index (χ0) is 13.5. The second-order valence-corrected chi connectivity index (χ2v) is 6.36. The smallest absolute Gasteiger partial charge is 0.241 e. The summed E-state index contributed by atoms with van der Waals surface area (Å²) in [5.41, 5.74) is -0.609. The van der Waals surface area contributed by atoms with Gasteiger partial charge in [0, 0.05) is 16.2 Å². The number of halogens is 1. The molecule has 5 heteroatoms. The Labute approximate surface area is 120 Å². The van der Waals surface area contributed by atoms with E-state index in [2.05, 4.69) is 27.6 Å². The van der Waals surface area contributed by atoms with Crippen molar-refractivity contribution in [1.29, 1.82) is 0 Å². The lowest BCUT2D eigenvalue weighted by Crippen LogP contribution is -2.37. The molecule has 0 radical (unpaired) electrons. The van der Waals surface area contributed by atoms with Crippen LogP contribution in [-0.2, 0) is 9.59 Å². The van der Waals surface area contributed by atoms with E-state index < -0.39 is 5.41 Å². The second-order valence-electron chi connectivity index (χ2n) is 5.12. The minimum absolute atomic E-state index is 0.128. The lowest BCUT2D eigenvalue weighted by Gasteiger charge is -2.25. The van der Waals surface area contributed by atoms with Gasteiger partial charge in [0.15, 0.2) is 0 Å². The number of pyridine rings is 1. The normalized spacial score (nSPS) is 24.2. The van der Waals surface area contributed by atoms with Crippen molar-refractivity contribution in [3.05, 3.63) is 21.9 Å². The quantitative estimate of drug-likeness (QED) is 0.603. The van der Waals surface area contributed by atoms with Gasteiger partial charge in [-0.05, 0) is 47.6 Å². The molecule has 1 atom stereocenters. The van der Waals surface area contributed by atoms with Gasteiger partial charge in [0.25, 0.3) is 0 Å².